The van der Waals surface area contributed by atoms with E-state index in [0.29, 0.717) is 29.0 Å². The molecule has 0 bridgehead atoms. The van der Waals surface area contributed by atoms with Crippen LogP contribution in [-0.4, -0.2) is 61.8 Å². The van der Waals surface area contributed by atoms with E-state index in [9.17, 15) is 8.42 Å². The van der Waals surface area contributed by atoms with Crippen molar-refractivity contribution in [3.8, 4) is 17.4 Å². The third-order valence-electron chi connectivity index (χ3n) is 5.98. The first kappa shape index (κ1) is 27.3. The Morgan fingerprint density at radius 1 is 1.05 bits per heavy atom. The Morgan fingerprint density at radius 2 is 1.79 bits per heavy atom. The zero-order valence-corrected chi connectivity index (χ0v) is 23.0. The number of pyridine rings is 1. The average molecular weight is 542 g/mol. The van der Waals surface area contributed by atoms with Gasteiger partial charge in [-0.05, 0) is 46.2 Å². The molecule has 4 rings (SSSR count). The number of hydrogen-bond acceptors (Lipinski definition) is 11. The summed E-state index contributed by atoms with van der Waals surface area (Å²) in [4.78, 5) is 13.1. The first-order chi connectivity index (χ1) is 18.1. The van der Waals surface area contributed by atoms with Crippen molar-refractivity contribution in [2.24, 2.45) is 0 Å². The lowest BCUT2D eigenvalue weighted by Crippen LogP contribution is -2.32. The molecule has 4 aromatic heterocycles. The van der Waals surface area contributed by atoms with Crippen LogP contribution in [0.5, 0.6) is 5.88 Å². The Bertz CT molecular complexity index is 1450. The van der Waals surface area contributed by atoms with Crippen molar-refractivity contribution in [2.75, 3.05) is 7.11 Å². The molecule has 4 aromatic rings. The summed E-state index contributed by atoms with van der Waals surface area (Å²) >= 11 is 0. The minimum absolute atomic E-state index is 0.216. The zero-order chi connectivity index (χ0) is 27.4. The van der Waals surface area contributed by atoms with Crippen molar-refractivity contribution >= 4 is 9.84 Å². The second-order valence-electron chi connectivity index (χ2n) is 9.20. The third-order valence-corrected chi connectivity index (χ3v) is 8.02. The smallest absolute Gasteiger partial charge is 0.213 e. The summed E-state index contributed by atoms with van der Waals surface area (Å²) in [6.45, 7) is 8.97. The van der Waals surface area contributed by atoms with Gasteiger partial charge >= 0.3 is 0 Å². The largest absolute Gasteiger partial charge is 0.481 e. The van der Waals surface area contributed by atoms with E-state index >= 15 is 0 Å². The zero-order valence-electron chi connectivity index (χ0n) is 22.1. The number of sulfone groups is 1. The molecule has 4 heterocycles. The Labute approximate surface area is 221 Å². The van der Waals surface area contributed by atoms with E-state index in [-0.39, 0.29) is 11.9 Å². The summed E-state index contributed by atoms with van der Waals surface area (Å²) < 4.78 is 45.9. The second kappa shape index (κ2) is 11.4. The Kier molecular flexibility index (Phi) is 8.17. The lowest BCUT2D eigenvalue weighted by atomic mass is 10.2. The van der Waals surface area contributed by atoms with Gasteiger partial charge in [0.05, 0.1) is 30.7 Å². The number of rotatable bonds is 11. The van der Waals surface area contributed by atoms with Crippen LogP contribution in [0.2, 0.25) is 0 Å². The van der Waals surface area contributed by atoms with Crippen LogP contribution >= 0.6 is 0 Å². The fourth-order valence-corrected chi connectivity index (χ4v) is 5.33. The molecular formula is C25H31N7O5S. The highest BCUT2D eigenvalue weighted by atomic mass is 32.2. The van der Waals surface area contributed by atoms with Gasteiger partial charge in [-0.15, -0.1) is 10.2 Å². The average Bonchev–Trinajstić information content (AvgIpc) is 3.57. The molecular weight excluding hydrogens is 510 g/mol. The van der Waals surface area contributed by atoms with Gasteiger partial charge in [-0.2, -0.15) is 0 Å². The molecule has 0 aliphatic heterocycles. The molecule has 202 valence electrons. The highest BCUT2D eigenvalue weighted by Gasteiger charge is 2.36. The molecule has 0 aromatic carbocycles. The molecule has 0 fully saturated rings. The Balaban J connectivity index is 1.74. The molecule has 0 amide bonds. The van der Waals surface area contributed by atoms with Gasteiger partial charge in [-0.25, -0.2) is 23.4 Å². The second-order valence-corrected chi connectivity index (χ2v) is 11.6. The topological polar surface area (TPSA) is 148 Å². The standard InChI is InChI=1S/C25H31N7O5S/c1-15(2)36-23(24-26-12-16(3)13-27-24)18(5)38(33,34)14-21-30-31-25(19-8-7-9-22(29-19)35-6)32(21)17(4)20-10-11-28-37-20/h7-13,15,17-18,23H,14H2,1-6H3/t17-,18-,23+/m0/s1. The number of nitrogens with zero attached hydrogens (tertiary/aromatic N) is 7. The van der Waals surface area contributed by atoms with Gasteiger partial charge < -0.3 is 14.0 Å². The molecule has 0 N–H and O–H groups in total. The van der Waals surface area contributed by atoms with Crippen molar-refractivity contribution < 1.29 is 22.4 Å². The maximum atomic E-state index is 13.8. The molecule has 0 spiro atoms. The molecule has 0 radical (unpaired) electrons. The van der Waals surface area contributed by atoms with Crippen LogP contribution in [0.15, 0.2) is 47.4 Å². The van der Waals surface area contributed by atoms with Crippen molar-refractivity contribution in [3.63, 3.8) is 0 Å². The first-order valence-electron chi connectivity index (χ1n) is 12.1. The number of hydrogen-bond donors (Lipinski definition) is 0. The lowest BCUT2D eigenvalue weighted by Gasteiger charge is -2.25. The van der Waals surface area contributed by atoms with Crippen LogP contribution in [0.4, 0.5) is 0 Å². The van der Waals surface area contributed by atoms with Gasteiger partial charge in [-0.3, -0.25) is 4.57 Å². The summed E-state index contributed by atoms with van der Waals surface area (Å²) in [7, 11) is -2.33. The van der Waals surface area contributed by atoms with Crippen molar-refractivity contribution in [2.45, 2.75) is 63.9 Å². The van der Waals surface area contributed by atoms with Crippen LogP contribution in [0.25, 0.3) is 11.5 Å². The molecule has 38 heavy (non-hydrogen) atoms. The van der Waals surface area contributed by atoms with Gasteiger partial charge in [0.15, 0.2) is 27.2 Å². The van der Waals surface area contributed by atoms with Crippen molar-refractivity contribution in [1.29, 1.82) is 0 Å². The predicted molar refractivity (Wildman–Crippen MR) is 138 cm³/mol. The van der Waals surface area contributed by atoms with E-state index < -0.39 is 33.0 Å². The lowest BCUT2D eigenvalue weighted by molar-refractivity contribution is 0.00140. The molecule has 0 saturated carbocycles. The van der Waals surface area contributed by atoms with E-state index in [1.807, 2.05) is 27.7 Å². The van der Waals surface area contributed by atoms with E-state index in [4.69, 9.17) is 14.0 Å². The molecule has 13 heteroatoms. The fourth-order valence-electron chi connectivity index (χ4n) is 3.95. The monoisotopic (exact) mass is 541 g/mol. The van der Waals surface area contributed by atoms with E-state index in [0.717, 1.165) is 5.56 Å². The van der Waals surface area contributed by atoms with Gasteiger partial charge in [0.25, 0.3) is 0 Å². The van der Waals surface area contributed by atoms with Crippen LogP contribution in [0, 0.1) is 6.92 Å². The van der Waals surface area contributed by atoms with E-state index in [1.54, 1.807) is 48.1 Å². The highest BCUT2D eigenvalue weighted by Crippen LogP contribution is 2.31. The summed E-state index contributed by atoms with van der Waals surface area (Å²) in [6.07, 6.45) is 3.68. The number of methoxy groups -OCH3 is 1. The number of aryl methyl sites for hydroxylation is 1. The summed E-state index contributed by atoms with van der Waals surface area (Å²) in [5, 5.41) is 11.4. The van der Waals surface area contributed by atoms with E-state index in [2.05, 4.69) is 30.3 Å². The Hall–Kier alpha value is -3.71. The Morgan fingerprint density at radius 3 is 2.42 bits per heavy atom. The SMILES string of the molecule is COc1cccc(-c2nnc(CS(=O)(=O)[C@@H](C)[C@@H](OC(C)C)c3ncc(C)cn3)n2[C@@H](C)c2ccno2)n1. The molecule has 0 unspecified atom stereocenters. The first-order valence-corrected chi connectivity index (χ1v) is 13.8. The maximum absolute atomic E-state index is 13.8. The van der Waals surface area contributed by atoms with Gasteiger partial charge in [0.2, 0.25) is 5.88 Å². The molecule has 3 atom stereocenters. The number of ether oxygens (including phenoxy) is 2. The van der Waals surface area contributed by atoms with Crippen LogP contribution in [0.1, 0.15) is 62.8 Å². The third kappa shape index (κ3) is 5.89. The molecule has 0 saturated heterocycles. The van der Waals surface area contributed by atoms with Gasteiger partial charge in [0, 0.05) is 24.5 Å². The van der Waals surface area contributed by atoms with E-state index in [1.165, 1.54) is 13.3 Å². The van der Waals surface area contributed by atoms with Crippen molar-refractivity contribution in [3.05, 3.63) is 65.8 Å². The van der Waals surface area contributed by atoms with Gasteiger partial charge in [0.1, 0.15) is 23.4 Å². The number of aromatic nitrogens is 7. The quantitative estimate of drug-likeness (QED) is 0.275. The fraction of sp³-hybridized carbons (Fsp3) is 0.440. The van der Waals surface area contributed by atoms with Gasteiger partial charge in [-0.1, -0.05) is 11.2 Å². The minimum Gasteiger partial charge on any atom is -0.481 e. The minimum atomic E-state index is -3.84. The molecule has 0 aliphatic carbocycles. The predicted octanol–water partition coefficient (Wildman–Crippen LogP) is 3.51. The van der Waals surface area contributed by atoms with Crippen LogP contribution in [-0.2, 0) is 20.3 Å². The highest BCUT2D eigenvalue weighted by molar-refractivity contribution is 7.91. The summed E-state index contributed by atoms with van der Waals surface area (Å²) in [5.41, 5.74) is 1.33. The van der Waals surface area contributed by atoms with Crippen molar-refractivity contribution in [1.82, 2.24) is 34.9 Å². The van der Waals surface area contributed by atoms with Crippen LogP contribution in [0.3, 0.4) is 0 Å². The normalized spacial score (nSPS) is 14.4. The summed E-state index contributed by atoms with van der Waals surface area (Å²) in [6, 6.07) is 6.46. The maximum Gasteiger partial charge on any atom is 0.213 e. The molecule has 12 nitrogen and oxygen atoms in total. The van der Waals surface area contributed by atoms with Crippen LogP contribution < -0.4 is 4.74 Å². The molecule has 0 aliphatic rings. The summed E-state index contributed by atoms with van der Waals surface area (Å²) in [5.74, 6) is 1.37.